The molecule has 3 rings (SSSR count). The Balaban J connectivity index is 2.45. The van der Waals surface area contributed by atoms with Gasteiger partial charge in [-0.2, -0.15) is 0 Å². The van der Waals surface area contributed by atoms with Gasteiger partial charge in [-0.25, -0.2) is 0 Å². The number of aliphatic hydroxyl groups is 1. The average molecular weight is 368 g/mol. The molecule has 2 atom stereocenters. The van der Waals surface area contributed by atoms with Gasteiger partial charge in [-0.15, -0.1) is 6.58 Å². The average Bonchev–Trinajstić information content (AvgIpc) is 2.96. The molecule has 27 heavy (non-hydrogen) atoms. The van der Waals surface area contributed by atoms with Crippen LogP contribution in [0.1, 0.15) is 23.1 Å². The Bertz CT molecular complexity index is 861. The van der Waals surface area contributed by atoms with Gasteiger partial charge >= 0.3 is 5.97 Å². The van der Waals surface area contributed by atoms with Gasteiger partial charge < -0.3 is 19.3 Å². The molecule has 2 aromatic rings. The van der Waals surface area contributed by atoms with E-state index in [1.54, 1.807) is 19.3 Å². The van der Waals surface area contributed by atoms with Crippen molar-refractivity contribution in [2.24, 2.45) is 0 Å². The van der Waals surface area contributed by atoms with Crippen molar-refractivity contribution in [1.29, 1.82) is 0 Å². The fourth-order valence-corrected chi connectivity index (χ4v) is 4.30. The smallest absolute Gasteiger partial charge is 0.323 e. The van der Waals surface area contributed by atoms with Gasteiger partial charge in [-0.1, -0.05) is 36.4 Å². The van der Waals surface area contributed by atoms with E-state index < -0.39 is 17.0 Å². The number of fused-ring (bicyclic) bond motifs is 1. The third kappa shape index (κ3) is 2.61. The number of ether oxygens (including phenoxy) is 3. The lowest BCUT2D eigenvalue weighted by atomic mass is 9.65. The zero-order valence-corrected chi connectivity index (χ0v) is 15.8. The van der Waals surface area contributed by atoms with Crippen molar-refractivity contribution in [3.05, 3.63) is 71.8 Å². The summed E-state index contributed by atoms with van der Waals surface area (Å²) in [6.45, 7) is 3.78. The number of rotatable bonds is 6. The first kappa shape index (κ1) is 19.0. The maximum Gasteiger partial charge on any atom is 0.323 e. The maximum atomic E-state index is 13.3. The van der Waals surface area contributed by atoms with E-state index in [1.165, 1.54) is 14.2 Å². The summed E-state index contributed by atoms with van der Waals surface area (Å²) in [5.41, 5.74) is -0.864. The second-order valence-corrected chi connectivity index (χ2v) is 6.67. The second-order valence-electron chi connectivity index (χ2n) is 6.67. The van der Waals surface area contributed by atoms with Crippen LogP contribution >= 0.6 is 0 Å². The third-order valence-electron chi connectivity index (χ3n) is 5.35. The Labute approximate surface area is 159 Å². The molecular formula is C22H24O5. The Morgan fingerprint density at radius 1 is 1.19 bits per heavy atom. The maximum absolute atomic E-state index is 13.3. The molecule has 2 aromatic carbocycles. The molecule has 1 aliphatic carbocycles. The van der Waals surface area contributed by atoms with Crippen LogP contribution in [-0.2, 0) is 21.4 Å². The Morgan fingerprint density at radius 3 is 2.44 bits per heavy atom. The Hall–Kier alpha value is -2.79. The Morgan fingerprint density at radius 2 is 1.89 bits per heavy atom. The molecule has 1 N–H and O–H groups in total. The number of carbonyl (C=O) groups excluding carboxylic acids is 1. The molecule has 5 heteroatoms. The predicted octanol–water partition coefficient (Wildman–Crippen LogP) is 3.03. The molecule has 0 aliphatic heterocycles. The van der Waals surface area contributed by atoms with E-state index in [2.05, 4.69) is 6.58 Å². The number of carbonyl (C=O) groups is 1. The highest BCUT2D eigenvalue weighted by Crippen LogP contribution is 2.56. The number of hydrogen-bond donors (Lipinski definition) is 1. The summed E-state index contributed by atoms with van der Waals surface area (Å²) >= 11 is 0. The van der Waals surface area contributed by atoms with Crippen molar-refractivity contribution in [2.75, 3.05) is 21.3 Å². The van der Waals surface area contributed by atoms with Gasteiger partial charge in [-0.05, 0) is 23.6 Å². The van der Waals surface area contributed by atoms with E-state index >= 15 is 0 Å². The van der Waals surface area contributed by atoms with E-state index in [-0.39, 0.29) is 12.8 Å². The minimum atomic E-state index is -1.45. The van der Waals surface area contributed by atoms with Crippen LogP contribution in [0.2, 0.25) is 0 Å². The van der Waals surface area contributed by atoms with Gasteiger partial charge in [0.2, 0.25) is 0 Å². The van der Waals surface area contributed by atoms with Crippen molar-refractivity contribution in [2.45, 2.75) is 23.9 Å². The van der Waals surface area contributed by atoms with Crippen LogP contribution in [0, 0.1) is 0 Å². The fraction of sp³-hybridized carbons (Fsp3) is 0.318. The first-order valence-electron chi connectivity index (χ1n) is 8.71. The summed E-state index contributed by atoms with van der Waals surface area (Å²) in [6.07, 6.45) is 2.07. The van der Waals surface area contributed by atoms with Crippen molar-refractivity contribution < 1.29 is 24.1 Å². The van der Waals surface area contributed by atoms with Crippen LogP contribution in [0.5, 0.6) is 11.5 Å². The van der Waals surface area contributed by atoms with Gasteiger partial charge in [0.1, 0.15) is 11.5 Å². The number of methoxy groups -OCH3 is 3. The number of esters is 1. The van der Waals surface area contributed by atoms with E-state index in [0.29, 0.717) is 22.6 Å². The van der Waals surface area contributed by atoms with Crippen LogP contribution in [0.25, 0.3) is 0 Å². The zero-order valence-electron chi connectivity index (χ0n) is 15.8. The molecule has 0 aromatic heterocycles. The molecule has 0 bridgehead atoms. The van der Waals surface area contributed by atoms with Crippen molar-refractivity contribution >= 4 is 5.97 Å². The Kier molecular flexibility index (Phi) is 4.98. The molecule has 0 saturated heterocycles. The fourth-order valence-electron chi connectivity index (χ4n) is 4.30. The van der Waals surface area contributed by atoms with Crippen LogP contribution in [0.3, 0.4) is 0 Å². The lowest BCUT2D eigenvalue weighted by Gasteiger charge is -2.41. The zero-order chi connectivity index (χ0) is 19.7. The summed E-state index contributed by atoms with van der Waals surface area (Å²) < 4.78 is 16.2. The lowest BCUT2D eigenvalue weighted by Crippen LogP contribution is -2.55. The van der Waals surface area contributed by atoms with Crippen molar-refractivity contribution in [3.63, 3.8) is 0 Å². The highest BCUT2D eigenvalue weighted by molar-refractivity contribution is 5.93. The molecule has 142 valence electrons. The molecule has 0 unspecified atom stereocenters. The monoisotopic (exact) mass is 368 g/mol. The largest absolute Gasteiger partial charge is 0.497 e. The first-order valence-corrected chi connectivity index (χ1v) is 8.71. The van der Waals surface area contributed by atoms with Crippen LogP contribution in [0.4, 0.5) is 0 Å². The van der Waals surface area contributed by atoms with Crippen LogP contribution in [-0.4, -0.2) is 38.0 Å². The van der Waals surface area contributed by atoms with E-state index in [4.69, 9.17) is 14.2 Å². The summed E-state index contributed by atoms with van der Waals surface area (Å²) in [6, 6.07) is 12.7. The van der Waals surface area contributed by atoms with E-state index in [0.717, 1.165) is 5.56 Å². The third-order valence-corrected chi connectivity index (χ3v) is 5.35. The predicted molar refractivity (Wildman–Crippen MR) is 102 cm³/mol. The number of benzene rings is 2. The van der Waals surface area contributed by atoms with Gasteiger partial charge in [0.25, 0.3) is 0 Å². The summed E-state index contributed by atoms with van der Waals surface area (Å²) in [7, 11) is 4.43. The van der Waals surface area contributed by atoms with Crippen molar-refractivity contribution in [1.82, 2.24) is 0 Å². The molecule has 0 spiro atoms. The van der Waals surface area contributed by atoms with Gasteiger partial charge in [0.15, 0.2) is 5.41 Å². The molecule has 0 heterocycles. The van der Waals surface area contributed by atoms with Crippen molar-refractivity contribution in [3.8, 4) is 11.5 Å². The van der Waals surface area contributed by atoms with E-state index in [1.807, 2.05) is 36.4 Å². The molecule has 5 nitrogen and oxygen atoms in total. The molecule has 0 radical (unpaired) electrons. The standard InChI is InChI=1S/C22H24O5/c1-5-11-21(24)14-15-12-17(25-2)13-18(26-3)19(15)22(21,20(23)27-4)16-9-7-6-8-10-16/h5-10,12-13,24H,1,11,14H2,2-4H3/t21-,22-/m0/s1. The minimum absolute atomic E-state index is 0.206. The minimum Gasteiger partial charge on any atom is -0.497 e. The molecular weight excluding hydrogens is 344 g/mol. The quantitative estimate of drug-likeness (QED) is 0.627. The van der Waals surface area contributed by atoms with Gasteiger partial charge in [0, 0.05) is 18.1 Å². The molecule has 0 saturated carbocycles. The highest BCUT2D eigenvalue weighted by atomic mass is 16.5. The molecule has 1 aliphatic rings. The highest BCUT2D eigenvalue weighted by Gasteiger charge is 2.64. The normalized spacial score (nSPS) is 23.4. The summed E-state index contributed by atoms with van der Waals surface area (Å²) in [4.78, 5) is 13.3. The second kappa shape index (κ2) is 7.08. The van der Waals surface area contributed by atoms with Crippen LogP contribution < -0.4 is 9.47 Å². The van der Waals surface area contributed by atoms with E-state index in [9.17, 15) is 9.90 Å². The number of hydrogen-bond acceptors (Lipinski definition) is 5. The topological polar surface area (TPSA) is 65.0 Å². The van der Waals surface area contributed by atoms with Gasteiger partial charge in [-0.3, -0.25) is 4.79 Å². The van der Waals surface area contributed by atoms with Crippen LogP contribution in [0.15, 0.2) is 55.1 Å². The molecule has 0 amide bonds. The summed E-state index contributed by atoms with van der Waals surface area (Å²) in [5, 5.41) is 11.8. The summed E-state index contributed by atoms with van der Waals surface area (Å²) in [5.74, 6) is 0.527. The SMILES string of the molecule is C=CC[C@]1(O)Cc2cc(OC)cc(OC)c2[C@]1(C(=O)OC)c1ccccc1. The molecule has 0 fully saturated rings. The lowest BCUT2D eigenvalue weighted by molar-refractivity contribution is -0.155. The van der Waals surface area contributed by atoms with Gasteiger partial charge in [0.05, 0.1) is 26.9 Å². The first-order chi connectivity index (χ1) is 13.0.